The number of carbonyl (C=O) groups excluding carboxylic acids is 3. The summed E-state index contributed by atoms with van der Waals surface area (Å²) >= 11 is 0. The van der Waals surface area contributed by atoms with Crippen molar-refractivity contribution in [2.24, 2.45) is 11.8 Å². The molecular weight excluding hydrogens is 468 g/mol. The van der Waals surface area contributed by atoms with Gasteiger partial charge < -0.3 is 20.3 Å². The first-order valence-corrected chi connectivity index (χ1v) is 12.0. The molecule has 7 nitrogen and oxygen atoms in total. The summed E-state index contributed by atoms with van der Waals surface area (Å²) in [5.41, 5.74) is 1.03. The van der Waals surface area contributed by atoms with Crippen LogP contribution in [0.3, 0.4) is 0 Å². The second-order valence-corrected chi connectivity index (χ2v) is 9.93. The first-order chi connectivity index (χ1) is 17.0. The molecule has 1 heterocycles. The van der Waals surface area contributed by atoms with Crippen molar-refractivity contribution in [3.8, 4) is 0 Å². The summed E-state index contributed by atoms with van der Waals surface area (Å²) in [5, 5.41) is 5.68. The lowest BCUT2D eigenvalue weighted by Crippen LogP contribution is -2.42. The Kier molecular flexibility index (Phi) is 9.01. The van der Waals surface area contributed by atoms with Gasteiger partial charge in [-0.2, -0.15) is 0 Å². The van der Waals surface area contributed by atoms with E-state index in [0.29, 0.717) is 25.9 Å². The van der Waals surface area contributed by atoms with Crippen molar-refractivity contribution in [1.82, 2.24) is 15.5 Å². The predicted octanol–water partition coefficient (Wildman–Crippen LogP) is 3.47. The maximum Gasteiger partial charge on any atom is 0.410 e. The smallest absolute Gasteiger partial charge is 0.410 e. The lowest BCUT2D eigenvalue weighted by Gasteiger charge is -2.24. The van der Waals surface area contributed by atoms with Gasteiger partial charge in [0.2, 0.25) is 11.8 Å². The van der Waals surface area contributed by atoms with Crippen LogP contribution in [0.1, 0.15) is 31.9 Å². The minimum atomic E-state index is -0.739. The summed E-state index contributed by atoms with van der Waals surface area (Å²) in [6.45, 7) is 6.00. The lowest BCUT2D eigenvalue weighted by molar-refractivity contribution is -0.132. The van der Waals surface area contributed by atoms with Crippen LogP contribution in [0.25, 0.3) is 0 Å². The van der Waals surface area contributed by atoms with E-state index >= 15 is 0 Å². The zero-order valence-corrected chi connectivity index (χ0v) is 20.9. The third kappa shape index (κ3) is 8.03. The number of hydrogen-bond donors (Lipinski definition) is 2. The molecule has 0 spiro atoms. The third-order valence-electron chi connectivity index (χ3n) is 5.90. The van der Waals surface area contributed by atoms with Gasteiger partial charge in [0.25, 0.3) is 0 Å². The molecule has 2 aromatic carbocycles. The molecule has 0 radical (unpaired) electrons. The minimum absolute atomic E-state index is 0.0628. The van der Waals surface area contributed by atoms with Crippen LogP contribution in [-0.2, 0) is 27.2 Å². The Labute approximate surface area is 210 Å². The number of amides is 3. The highest BCUT2D eigenvalue weighted by Gasteiger charge is 2.44. The van der Waals surface area contributed by atoms with Crippen LogP contribution in [0.15, 0.2) is 48.5 Å². The summed E-state index contributed by atoms with van der Waals surface area (Å²) in [6, 6.07) is 12.0. The van der Waals surface area contributed by atoms with Gasteiger partial charge in [-0.1, -0.05) is 24.3 Å². The predicted molar refractivity (Wildman–Crippen MR) is 131 cm³/mol. The van der Waals surface area contributed by atoms with Gasteiger partial charge in [-0.05, 0) is 69.0 Å². The van der Waals surface area contributed by atoms with E-state index < -0.39 is 23.5 Å². The molecule has 194 valence electrons. The van der Waals surface area contributed by atoms with E-state index in [-0.39, 0.29) is 36.5 Å². The normalized spacial score (nSPS) is 17.5. The van der Waals surface area contributed by atoms with E-state index in [1.807, 2.05) is 0 Å². The maximum atomic E-state index is 13.1. The van der Waals surface area contributed by atoms with E-state index in [1.165, 1.54) is 29.2 Å². The number of ether oxygens (including phenoxy) is 1. The van der Waals surface area contributed by atoms with E-state index in [1.54, 1.807) is 45.0 Å². The zero-order chi connectivity index (χ0) is 26.3. The summed E-state index contributed by atoms with van der Waals surface area (Å²) < 4.78 is 31.6. The molecule has 36 heavy (non-hydrogen) atoms. The summed E-state index contributed by atoms with van der Waals surface area (Å²) in [4.78, 5) is 40.1. The average molecular weight is 502 g/mol. The van der Waals surface area contributed by atoms with E-state index in [0.717, 1.165) is 11.1 Å². The van der Waals surface area contributed by atoms with Gasteiger partial charge in [0.05, 0.1) is 11.8 Å². The molecule has 0 saturated carbocycles. The van der Waals surface area contributed by atoms with Gasteiger partial charge >= 0.3 is 6.09 Å². The number of nitrogens with zero attached hydrogens (tertiary/aromatic N) is 1. The van der Waals surface area contributed by atoms with Gasteiger partial charge in [0.15, 0.2) is 0 Å². The van der Waals surface area contributed by atoms with Crippen LogP contribution in [0.2, 0.25) is 0 Å². The van der Waals surface area contributed by atoms with E-state index in [9.17, 15) is 23.2 Å². The molecule has 0 bridgehead atoms. The molecule has 1 fully saturated rings. The quantitative estimate of drug-likeness (QED) is 0.580. The Bertz CT molecular complexity index is 981. The number of carbonyl (C=O) groups is 3. The number of benzene rings is 2. The monoisotopic (exact) mass is 501 g/mol. The Morgan fingerprint density at radius 2 is 1.19 bits per heavy atom. The van der Waals surface area contributed by atoms with Crippen LogP contribution in [0.5, 0.6) is 0 Å². The van der Waals surface area contributed by atoms with Crippen molar-refractivity contribution in [1.29, 1.82) is 0 Å². The van der Waals surface area contributed by atoms with Crippen molar-refractivity contribution in [2.45, 2.75) is 39.2 Å². The van der Waals surface area contributed by atoms with E-state index in [4.69, 9.17) is 4.74 Å². The number of hydrogen-bond acceptors (Lipinski definition) is 4. The van der Waals surface area contributed by atoms with Crippen LogP contribution in [0.4, 0.5) is 13.6 Å². The Balaban J connectivity index is 1.60. The van der Waals surface area contributed by atoms with Crippen molar-refractivity contribution >= 4 is 17.9 Å². The molecule has 3 rings (SSSR count). The summed E-state index contributed by atoms with van der Waals surface area (Å²) in [7, 11) is 0. The molecule has 0 unspecified atom stereocenters. The van der Waals surface area contributed by atoms with Gasteiger partial charge in [-0.3, -0.25) is 9.59 Å². The molecule has 0 aliphatic carbocycles. The second kappa shape index (κ2) is 12.0. The molecule has 1 aliphatic heterocycles. The molecule has 0 aromatic heterocycles. The first kappa shape index (κ1) is 27.1. The number of rotatable bonds is 8. The SMILES string of the molecule is CC(C)(C)OC(=O)N1C[C@H](C(=O)NCCc2ccc(F)cc2)[C@@H](C(=O)NCCc2ccc(F)cc2)C1. The van der Waals surface area contributed by atoms with Crippen LogP contribution in [0, 0.1) is 23.5 Å². The fourth-order valence-electron chi connectivity index (χ4n) is 4.04. The topological polar surface area (TPSA) is 87.7 Å². The molecular formula is C27H33F2N3O4. The Morgan fingerprint density at radius 1 is 0.806 bits per heavy atom. The number of likely N-dealkylation sites (tertiary alicyclic amines) is 1. The fraction of sp³-hybridized carbons (Fsp3) is 0.444. The standard InChI is InChI=1S/C27H33F2N3O4/c1-27(2,3)36-26(35)32-16-22(24(33)30-14-12-18-4-8-20(28)9-5-18)23(17-32)25(34)31-15-13-19-6-10-21(29)11-7-19/h4-11,22-23H,12-17H2,1-3H3,(H,30,33)(H,31,34)/t22-,23-/m0/s1. The van der Waals surface area contributed by atoms with Crippen LogP contribution in [-0.4, -0.2) is 54.6 Å². The first-order valence-electron chi connectivity index (χ1n) is 12.0. The van der Waals surface area contributed by atoms with Crippen molar-refractivity contribution in [3.05, 3.63) is 71.3 Å². The fourth-order valence-corrected chi connectivity index (χ4v) is 4.04. The Morgan fingerprint density at radius 3 is 1.56 bits per heavy atom. The lowest BCUT2D eigenvalue weighted by atomic mass is 9.94. The summed E-state index contributed by atoms with van der Waals surface area (Å²) in [5.74, 6) is -2.80. The van der Waals surface area contributed by atoms with Gasteiger partial charge in [-0.25, -0.2) is 13.6 Å². The molecule has 1 saturated heterocycles. The van der Waals surface area contributed by atoms with Gasteiger partial charge in [0.1, 0.15) is 17.2 Å². The summed E-state index contributed by atoms with van der Waals surface area (Å²) in [6.07, 6.45) is 0.430. The molecule has 2 atom stereocenters. The largest absolute Gasteiger partial charge is 0.444 e. The highest BCUT2D eigenvalue weighted by Crippen LogP contribution is 2.26. The molecule has 3 amide bonds. The highest BCUT2D eigenvalue weighted by atomic mass is 19.1. The van der Waals surface area contributed by atoms with Gasteiger partial charge in [-0.15, -0.1) is 0 Å². The van der Waals surface area contributed by atoms with E-state index in [2.05, 4.69) is 10.6 Å². The van der Waals surface area contributed by atoms with Crippen molar-refractivity contribution in [2.75, 3.05) is 26.2 Å². The minimum Gasteiger partial charge on any atom is -0.444 e. The maximum absolute atomic E-state index is 13.1. The molecule has 9 heteroatoms. The number of nitrogens with one attached hydrogen (secondary N) is 2. The van der Waals surface area contributed by atoms with Crippen LogP contribution >= 0.6 is 0 Å². The van der Waals surface area contributed by atoms with Gasteiger partial charge in [0, 0.05) is 26.2 Å². The average Bonchev–Trinajstić information content (AvgIpc) is 3.27. The number of halogens is 2. The molecule has 1 aliphatic rings. The second-order valence-electron chi connectivity index (χ2n) is 9.93. The highest BCUT2D eigenvalue weighted by molar-refractivity contribution is 5.89. The third-order valence-corrected chi connectivity index (χ3v) is 5.90. The Hall–Kier alpha value is -3.49. The van der Waals surface area contributed by atoms with Crippen LogP contribution < -0.4 is 10.6 Å². The molecule has 2 aromatic rings. The molecule has 2 N–H and O–H groups in total. The van der Waals surface area contributed by atoms with Crippen molar-refractivity contribution < 1.29 is 27.9 Å². The van der Waals surface area contributed by atoms with Crippen molar-refractivity contribution in [3.63, 3.8) is 0 Å². The zero-order valence-electron chi connectivity index (χ0n) is 20.9.